The fourth-order valence-corrected chi connectivity index (χ4v) is 3.62. The van der Waals surface area contributed by atoms with E-state index < -0.39 is 6.10 Å². The topological polar surface area (TPSA) is 81.4 Å². The molecule has 2 heterocycles. The Morgan fingerprint density at radius 1 is 1.23 bits per heavy atom. The third kappa shape index (κ3) is 4.08. The van der Waals surface area contributed by atoms with Crippen molar-refractivity contribution in [3.05, 3.63) is 75.4 Å². The van der Waals surface area contributed by atoms with Crippen LogP contribution >= 0.6 is 22.9 Å². The van der Waals surface area contributed by atoms with Crippen molar-refractivity contribution in [1.82, 2.24) is 4.98 Å². The van der Waals surface area contributed by atoms with Gasteiger partial charge >= 0.3 is 0 Å². The predicted octanol–water partition coefficient (Wildman–Crippen LogP) is 5.37. The zero-order valence-corrected chi connectivity index (χ0v) is 17.5. The maximum atomic E-state index is 13.2. The number of halogens is 1. The first-order valence-electron chi connectivity index (χ1n) is 9.25. The standard InChI is InChI=1S/C22H17ClN2O4S/c1-2-16(21(27)25-22-24-11-12-30-22)28-20-18(26)15-5-3-4-6-17(15)29-19(20)13-7-9-14(23)10-8-13/h3-12,16H,2H2,1H3,(H,24,25,27). The Labute approximate surface area is 181 Å². The van der Waals surface area contributed by atoms with Gasteiger partial charge in [0.25, 0.3) is 5.91 Å². The largest absolute Gasteiger partial charge is 0.473 e. The van der Waals surface area contributed by atoms with Gasteiger partial charge in [0.1, 0.15) is 5.58 Å². The number of aromatic nitrogens is 1. The van der Waals surface area contributed by atoms with E-state index in [0.717, 1.165) is 0 Å². The van der Waals surface area contributed by atoms with Crippen molar-refractivity contribution in [2.75, 3.05) is 5.32 Å². The first kappa shape index (κ1) is 20.1. The molecule has 0 aliphatic heterocycles. The molecule has 2 aromatic carbocycles. The van der Waals surface area contributed by atoms with Crippen LogP contribution < -0.4 is 15.5 Å². The minimum Gasteiger partial charge on any atom is -0.473 e. The molecule has 0 saturated carbocycles. The van der Waals surface area contributed by atoms with E-state index in [1.807, 2.05) is 0 Å². The van der Waals surface area contributed by atoms with Crippen LogP contribution in [0.1, 0.15) is 13.3 Å². The van der Waals surface area contributed by atoms with Crippen molar-refractivity contribution in [2.45, 2.75) is 19.4 Å². The number of rotatable bonds is 6. The summed E-state index contributed by atoms with van der Waals surface area (Å²) in [7, 11) is 0. The molecule has 0 aliphatic carbocycles. The van der Waals surface area contributed by atoms with E-state index in [4.69, 9.17) is 20.8 Å². The van der Waals surface area contributed by atoms with Gasteiger partial charge in [-0.15, -0.1) is 11.3 Å². The summed E-state index contributed by atoms with van der Waals surface area (Å²) >= 11 is 7.30. The van der Waals surface area contributed by atoms with Gasteiger partial charge in [0.2, 0.25) is 11.2 Å². The summed E-state index contributed by atoms with van der Waals surface area (Å²) in [5.74, 6) is -0.157. The molecule has 0 saturated heterocycles. The van der Waals surface area contributed by atoms with Crippen molar-refractivity contribution in [2.24, 2.45) is 0 Å². The van der Waals surface area contributed by atoms with Crippen LogP contribution in [0.2, 0.25) is 5.02 Å². The second-order valence-electron chi connectivity index (χ2n) is 6.43. The number of nitrogens with one attached hydrogen (secondary N) is 1. The lowest BCUT2D eigenvalue weighted by Gasteiger charge is -2.18. The first-order valence-corrected chi connectivity index (χ1v) is 10.5. The fourth-order valence-electron chi connectivity index (χ4n) is 2.96. The van der Waals surface area contributed by atoms with Gasteiger partial charge in [0.05, 0.1) is 5.39 Å². The monoisotopic (exact) mass is 440 g/mol. The van der Waals surface area contributed by atoms with Gasteiger partial charge in [-0.3, -0.25) is 14.9 Å². The number of anilines is 1. The van der Waals surface area contributed by atoms with Crippen molar-refractivity contribution in [3.63, 3.8) is 0 Å². The van der Waals surface area contributed by atoms with Crippen LogP contribution in [-0.2, 0) is 4.79 Å². The fraction of sp³-hybridized carbons (Fsp3) is 0.136. The van der Waals surface area contributed by atoms with Gasteiger partial charge in [-0.05, 0) is 42.8 Å². The summed E-state index contributed by atoms with van der Waals surface area (Å²) in [4.78, 5) is 30.0. The van der Waals surface area contributed by atoms with E-state index in [0.29, 0.717) is 33.1 Å². The van der Waals surface area contributed by atoms with Gasteiger partial charge in [-0.25, -0.2) is 4.98 Å². The zero-order valence-electron chi connectivity index (χ0n) is 15.9. The molecule has 0 aliphatic rings. The molecule has 4 aromatic rings. The lowest BCUT2D eigenvalue weighted by molar-refractivity contribution is -0.122. The molecule has 1 N–H and O–H groups in total. The Bertz CT molecular complexity index is 1240. The number of carbonyl (C=O) groups excluding carboxylic acids is 1. The van der Waals surface area contributed by atoms with Crippen LogP contribution in [0.5, 0.6) is 5.75 Å². The molecule has 4 rings (SSSR count). The van der Waals surface area contributed by atoms with E-state index in [-0.39, 0.29) is 22.8 Å². The minimum atomic E-state index is -0.899. The van der Waals surface area contributed by atoms with E-state index in [1.54, 1.807) is 67.0 Å². The molecule has 1 unspecified atom stereocenters. The summed E-state index contributed by atoms with van der Waals surface area (Å²) in [6.45, 7) is 1.80. The third-order valence-electron chi connectivity index (χ3n) is 4.45. The number of thiazole rings is 1. The minimum absolute atomic E-state index is 0.0165. The number of hydrogen-bond donors (Lipinski definition) is 1. The lowest BCUT2D eigenvalue weighted by Crippen LogP contribution is -2.33. The molecule has 2 aromatic heterocycles. The zero-order chi connectivity index (χ0) is 21.1. The highest BCUT2D eigenvalue weighted by molar-refractivity contribution is 7.13. The number of fused-ring (bicyclic) bond motifs is 1. The molecule has 6 nitrogen and oxygen atoms in total. The maximum absolute atomic E-state index is 13.2. The highest BCUT2D eigenvalue weighted by atomic mass is 35.5. The summed E-state index contributed by atoms with van der Waals surface area (Å²) in [6.07, 6.45) is 1.05. The number of carbonyl (C=O) groups is 1. The van der Waals surface area contributed by atoms with Gasteiger partial charge in [-0.1, -0.05) is 30.7 Å². The van der Waals surface area contributed by atoms with Gasteiger partial charge in [0, 0.05) is 22.2 Å². The second-order valence-corrected chi connectivity index (χ2v) is 7.76. The molecule has 0 bridgehead atoms. The van der Waals surface area contributed by atoms with Crippen LogP contribution in [0.3, 0.4) is 0 Å². The van der Waals surface area contributed by atoms with Crippen molar-refractivity contribution in [3.8, 4) is 17.1 Å². The van der Waals surface area contributed by atoms with Crippen LogP contribution in [-0.4, -0.2) is 17.0 Å². The average molecular weight is 441 g/mol. The SMILES string of the molecule is CCC(Oc1c(-c2ccc(Cl)cc2)oc2ccccc2c1=O)C(=O)Nc1nccs1. The van der Waals surface area contributed by atoms with Crippen LogP contribution in [0.25, 0.3) is 22.3 Å². The number of amides is 1. The average Bonchev–Trinajstić information content (AvgIpc) is 3.26. The summed E-state index contributed by atoms with van der Waals surface area (Å²) in [5.41, 5.74) is 0.704. The molecule has 0 spiro atoms. The lowest BCUT2D eigenvalue weighted by atomic mass is 10.1. The highest BCUT2D eigenvalue weighted by Gasteiger charge is 2.25. The molecule has 1 amide bonds. The number of hydrogen-bond acceptors (Lipinski definition) is 6. The molecule has 1 atom stereocenters. The molecule has 152 valence electrons. The Morgan fingerprint density at radius 2 is 2.00 bits per heavy atom. The van der Waals surface area contributed by atoms with Crippen LogP contribution in [0, 0.1) is 0 Å². The molecular formula is C22H17ClN2O4S. The van der Waals surface area contributed by atoms with Gasteiger partial charge in [-0.2, -0.15) is 0 Å². The molecule has 0 fully saturated rings. The van der Waals surface area contributed by atoms with Crippen molar-refractivity contribution in [1.29, 1.82) is 0 Å². The van der Waals surface area contributed by atoms with Crippen molar-refractivity contribution >= 4 is 44.9 Å². The van der Waals surface area contributed by atoms with Crippen molar-refractivity contribution < 1.29 is 13.9 Å². The highest BCUT2D eigenvalue weighted by Crippen LogP contribution is 2.32. The van der Waals surface area contributed by atoms with E-state index in [9.17, 15) is 9.59 Å². The number of nitrogens with zero attached hydrogens (tertiary/aromatic N) is 1. The molecule has 8 heteroatoms. The number of para-hydroxylation sites is 1. The Kier molecular flexibility index (Phi) is 5.83. The predicted molar refractivity (Wildman–Crippen MR) is 118 cm³/mol. The summed E-state index contributed by atoms with van der Waals surface area (Å²) in [6, 6.07) is 13.8. The Morgan fingerprint density at radius 3 is 2.70 bits per heavy atom. The van der Waals surface area contributed by atoms with E-state index in [2.05, 4.69) is 10.3 Å². The quantitative estimate of drug-likeness (QED) is 0.436. The number of benzene rings is 2. The van der Waals surface area contributed by atoms with Gasteiger partial charge in [0.15, 0.2) is 17.0 Å². The Balaban J connectivity index is 1.78. The van der Waals surface area contributed by atoms with Crippen LogP contribution in [0.4, 0.5) is 5.13 Å². The van der Waals surface area contributed by atoms with Gasteiger partial charge < -0.3 is 9.15 Å². The molecule has 0 radical (unpaired) electrons. The molecule has 30 heavy (non-hydrogen) atoms. The summed E-state index contributed by atoms with van der Waals surface area (Å²) in [5, 5.41) is 5.86. The number of ether oxygens (including phenoxy) is 1. The first-order chi connectivity index (χ1) is 14.6. The normalized spacial score (nSPS) is 11.9. The van der Waals surface area contributed by atoms with E-state index >= 15 is 0 Å². The van der Waals surface area contributed by atoms with E-state index in [1.165, 1.54) is 11.3 Å². The smallest absolute Gasteiger partial charge is 0.267 e. The van der Waals surface area contributed by atoms with Crippen LogP contribution in [0.15, 0.2) is 69.3 Å². The third-order valence-corrected chi connectivity index (χ3v) is 5.39. The maximum Gasteiger partial charge on any atom is 0.267 e. The Hall–Kier alpha value is -3.16. The second kappa shape index (κ2) is 8.69. The molecular weight excluding hydrogens is 424 g/mol. The summed E-state index contributed by atoms with van der Waals surface area (Å²) < 4.78 is 12.0.